The van der Waals surface area contributed by atoms with Crippen molar-refractivity contribution >= 4 is 28.4 Å². The number of fused-ring (bicyclic) bond motifs is 3. The number of H-pyrrole nitrogens is 1. The van der Waals surface area contributed by atoms with Crippen LogP contribution in [-0.2, 0) is 24.1 Å². The standard InChI is InChI=1S/C19H17ClN2O/c20-13-7-5-12(6-8-13)9-19(23)21-14-10-16-15-3-1-2-4-17(15)22-18(16)11-14/h1-8,14,22H,9-11H2,(H,21,23). The Kier molecular flexibility index (Phi) is 3.58. The van der Waals surface area contributed by atoms with Crippen molar-refractivity contribution in [1.82, 2.24) is 10.3 Å². The Labute approximate surface area is 139 Å². The summed E-state index contributed by atoms with van der Waals surface area (Å²) in [7, 11) is 0. The number of para-hydroxylation sites is 1. The number of halogens is 1. The average molecular weight is 325 g/mol. The third-order valence-corrected chi connectivity index (χ3v) is 4.70. The predicted molar refractivity (Wildman–Crippen MR) is 92.8 cm³/mol. The van der Waals surface area contributed by atoms with Gasteiger partial charge < -0.3 is 10.3 Å². The second-order valence-corrected chi connectivity index (χ2v) is 6.54. The Morgan fingerprint density at radius 1 is 1.13 bits per heavy atom. The molecule has 1 aliphatic carbocycles. The van der Waals surface area contributed by atoms with Gasteiger partial charge in [0.25, 0.3) is 0 Å². The summed E-state index contributed by atoms with van der Waals surface area (Å²) in [6, 6.07) is 15.9. The monoisotopic (exact) mass is 324 g/mol. The highest BCUT2D eigenvalue weighted by Crippen LogP contribution is 2.29. The van der Waals surface area contributed by atoms with Crippen LogP contribution in [0.25, 0.3) is 10.9 Å². The smallest absolute Gasteiger partial charge is 0.224 e. The van der Waals surface area contributed by atoms with Crippen molar-refractivity contribution in [3.8, 4) is 0 Å². The van der Waals surface area contributed by atoms with Gasteiger partial charge >= 0.3 is 0 Å². The van der Waals surface area contributed by atoms with Crippen molar-refractivity contribution in [3.05, 3.63) is 70.4 Å². The van der Waals surface area contributed by atoms with Crippen LogP contribution < -0.4 is 5.32 Å². The number of rotatable bonds is 3. The number of aromatic amines is 1. The van der Waals surface area contributed by atoms with E-state index in [1.807, 2.05) is 30.3 Å². The van der Waals surface area contributed by atoms with E-state index in [9.17, 15) is 4.79 Å². The van der Waals surface area contributed by atoms with E-state index in [0.717, 1.165) is 18.4 Å². The molecule has 2 aromatic carbocycles. The van der Waals surface area contributed by atoms with Crippen LogP contribution in [0.2, 0.25) is 5.02 Å². The first-order valence-electron chi connectivity index (χ1n) is 7.81. The lowest BCUT2D eigenvalue weighted by Crippen LogP contribution is -2.36. The summed E-state index contributed by atoms with van der Waals surface area (Å²) < 4.78 is 0. The lowest BCUT2D eigenvalue weighted by Gasteiger charge is -2.12. The lowest BCUT2D eigenvalue weighted by molar-refractivity contribution is -0.121. The van der Waals surface area contributed by atoms with Crippen LogP contribution in [0.5, 0.6) is 0 Å². The third kappa shape index (κ3) is 2.84. The molecule has 0 spiro atoms. The van der Waals surface area contributed by atoms with E-state index in [0.29, 0.717) is 11.4 Å². The molecule has 3 aromatic rings. The normalized spacial score (nSPS) is 16.5. The number of hydrogen-bond acceptors (Lipinski definition) is 1. The minimum atomic E-state index is 0.0618. The van der Waals surface area contributed by atoms with E-state index in [1.54, 1.807) is 0 Å². The van der Waals surface area contributed by atoms with Crippen molar-refractivity contribution in [2.24, 2.45) is 0 Å². The number of amides is 1. The largest absolute Gasteiger partial charge is 0.358 e. The van der Waals surface area contributed by atoms with Gasteiger partial charge in [0.2, 0.25) is 5.91 Å². The fourth-order valence-electron chi connectivity index (χ4n) is 3.40. The zero-order valence-electron chi connectivity index (χ0n) is 12.6. The van der Waals surface area contributed by atoms with Crippen molar-refractivity contribution in [2.45, 2.75) is 25.3 Å². The Morgan fingerprint density at radius 2 is 1.91 bits per heavy atom. The number of carbonyl (C=O) groups is 1. The van der Waals surface area contributed by atoms with Gasteiger partial charge in [-0.25, -0.2) is 0 Å². The highest BCUT2D eigenvalue weighted by atomic mass is 35.5. The van der Waals surface area contributed by atoms with Crippen LogP contribution in [0.15, 0.2) is 48.5 Å². The fourth-order valence-corrected chi connectivity index (χ4v) is 3.52. The third-order valence-electron chi connectivity index (χ3n) is 4.45. The van der Waals surface area contributed by atoms with E-state index >= 15 is 0 Å². The molecule has 0 saturated carbocycles. The van der Waals surface area contributed by atoms with Gasteiger partial charge in [-0.05, 0) is 35.7 Å². The number of aromatic nitrogens is 1. The molecule has 1 heterocycles. The summed E-state index contributed by atoms with van der Waals surface area (Å²) in [5.74, 6) is 0.0618. The highest BCUT2D eigenvalue weighted by Gasteiger charge is 2.26. The molecular weight excluding hydrogens is 308 g/mol. The summed E-state index contributed by atoms with van der Waals surface area (Å²) in [6.45, 7) is 0. The quantitative estimate of drug-likeness (QED) is 0.759. The van der Waals surface area contributed by atoms with E-state index < -0.39 is 0 Å². The topological polar surface area (TPSA) is 44.9 Å². The summed E-state index contributed by atoms with van der Waals surface area (Å²) in [5.41, 5.74) is 4.76. The van der Waals surface area contributed by atoms with Gasteiger partial charge in [-0.15, -0.1) is 0 Å². The molecule has 4 heteroatoms. The van der Waals surface area contributed by atoms with Crippen molar-refractivity contribution in [2.75, 3.05) is 0 Å². The Hall–Kier alpha value is -2.26. The van der Waals surface area contributed by atoms with Crippen LogP contribution in [0.4, 0.5) is 0 Å². The van der Waals surface area contributed by atoms with Gasteiger partial charge in [0.1, 0.15) is 0 Å². The highest BCUT2D eigenvalue weighted by molar-refractivity contribution is 6.30. The molecule has 23 heavy (non-hydrogen) atoms. The number of hydrogen-bond donors (Lipinski definition) is 2. The Bertz CT molecular complexity index is 867. The summed E-state index contributed by atoms with van der Waals surface area (Å²) in [4.78, 5) is 15.7. The first kappa shape index (κ1) is 14.3. The van der Waals surface area contributed by atoms with Crippen LogP contribution in [0, 0.1) is 0 Å². The molecule has 0 fully saturated rings. The average Bonchev–Trinajstić information content (AvgIpc) is 3.06. The molecule has 4 rings (SSSR count). The van der Waals surface area contributed by atoms with Gasteiger partial charge in [-0.3, -0.25) is 4.79 Å². The molecule has 1 aromatic heterocycles. The number of nitrogens with one attached hydrogen (secondary N) is 2. The first-order valence-corrected chi connectivity index (χ1v) is 8.19. The maximum Gasteiger partial charge on any atom is 0.224 e. The minimum absolute atomic E-state index is 0.0618. The number of benzene rings is 2. The Balaban J connectivity index is 1.42. The minimum Gasteiger partial charge on any atom is -0.358 e. The second kappa shape index (κ2) is 5.74. The van der Waals surface area contributed by atoms with E-state index in [-0.39, 0.29) is 11.9 Å². The molecular formula is C19H17ClN2O. The molecule has 0 saturated heterocycles. The molecule has 0 bridgehead atoms. The number of carbonyl (C=O) groups excluding carboxylic acids is 1. The maximum atomic E-state index is 12.2. The fraction of sp³-hybridized carbons (Fsp3) is 0.211. The summed E-state index contributed by atoms with van der Waals surface area (Å²) in [5, 5.41) is 5.11. The molecule has 0 aliphatic heterocycles. The lowest BCUT2D eigenvalue weighted by atomic mass is 10.1. The van der Waals surface area contributed by atoms with Gasteiger partial charge in [-0.2, -0.15) is 0 Å². The van der Waals surface area contributed by atoms with Gasteiger partial charge in [0.15, 0.2) is 0 Å². The van der Waals surface area contributed by atoms with Gasteiger partial charge in [0, 0.05) is 34.1 Å². The molecule has 2 N–H and O–H groups in total. The second-order valence-electron chi connectivity index (χ2n) is 6.10. The van der Waals surface area contributed by atoms with Crippen LogP contribution in [0.3, 0.4) is 0 Å². The predicted octanol–water partition coefficient (Wildman–Crippen LogP) is 3.65. The Morgan fingerprint density at radius 3 is 2.74 bits per heavy atom. The SMILES string of the molecule is O=C(Cc1ccc(Cl)cc1)NC1Cc2[nH]c3ccccc3c2C1. The zero-order chi connectivity index (χ0) is 15.8. The van der Waals surface area contributed by atoms with E-state index in [2.05, 4.69) is 28.5 Å². The van der Waals surface area contributed by atoms with Crippen molar-refractivity contribution < 1.29 is 4.79 Å². The maximum absolute atomic E-state index is 12.2. The molecule has 116 valence electrons. The molecule has 1 atom stereocenters. The zero-order valence-corrected chi connectivity index (χ0v) is 13.4. The van der Waals surface area contributed by atoms with Gasteiger partial charge in [0.05, 0.1) is 6.42 Å². The van der Waals surface area contributed by atoms with Crippen molar-refractivity contribution in [3.63, 3.8) is 0 Å². The van der Waals surface area contributed by atoms with Crippen molar-refractivity contribution in [1.29, 1.82) is 0 Å². The first-order chi connectivity index (χ1) is 11.2. The van der Waals surface area contributed by atoms with Crippen LogP contribution >= 0.6 is 11.6 Å². The summed E-state index contributed by atoms with van der Waals surface area (Å²) >= 11 is 5.87. The molecule has 1 aliphatic rings. The van der Waals surface area contributed by atoms with E-state index in [1.165, 1.54) is 22.2 Å². The molecule has 1 amide bonds. The van der Waals surface area contributed by atoms with Crippen LogP contribution in [-0.4, -0.2) is 16.9 Å². The molecule has 0 radical (unpaired) electrons. The molecule has 1 unspecified atom stereocenters. The van der Waals surface area contributed by atoms with Crippen LogP contribution in [0.1, 0.15) is 16.8 Å². The van der Waals surface area contributed by atoms with E-state index in [4.69, 9.17) is 11.6 Å². The molecule has 3 nitrogen and oxygen atoms in total. The van der Waals surface area contributed by atoms with Gasteiger partial charge in [-0.1, -0.05) is 41.9 Å². The summed E-state index contributed by atoms with van der Waals surface area (Å²) in [6.07, 6.45) is 2.16.